The van der Waals surface area contributed by atoms with Gasteiger partial charge in [0, 0.05) is 11.0 Å². The van der Waals surface area contributed by atoms with Gasteiger partial charge < -0.3 is 9.46 Å². The van der Waals surface area contributed by atoms with Gasteiger partial charge in [0.25, 0.3) is 0 Å². The Morgan fingerprint density at radius 1 is 0.610 bits per heavy atom. The number of benzene rings is 6. The van der Waals surface area contributed by atoms with E-state index in [1.165, 1.54) is 54.9 Å². The molecule has 2 nitrogen and oxygen atoms in total. The number of hydrogen-bond donors (Lipinski definition) is 0. The Morgan fingerprint density at radius 2 is 1.12 bits per heavy atom. The van der Waals surface area contributed by atoms with Crippen LogP contribution in [0.15, 0.2) is 109 Å². The van der Waals surface area contributed by atoms with E-state index in [9.17, 15) is 4.57 Å². The molecule has 1 heterocycles. The zero-order chi connectivity index (χ0) is 28.5. The first-order valence-electron chi connectivity index (χ1n) is 14.4. The molecule has 2 atom stereocenters. The summed E-state index contributed by atoms with van der Waals surface area (Å²) < 4.78 is 14.8. The van der Waals surface area contributed by atoms with Crippen molar-refractivity contribution >= 4 is 45.4 Å². The standard InChI is InChI=1S/C38H34NOP/c1-24-22-25(2)35(26(3)23-24)37-31-18-11-9-16-29(31)36(30-17-10-12-19-32(30)37)33-20-13-21-34-38(33)41(5,40)27(4)39(34)28-14-7-6-8-15-28/h6-23,27H,1-5H3. The molecule has 7 rings (SSSR count). The first-order chi connectivity index (χ1) is 19.8. The minimum absolute atomic E-state index is 0.129. The predicted octanol–water partition coefficient (Wildman–Crippen LogP) is 10.4. The molecule has 2 unspecified atom stereocenters. The van der Waals surface area contributed by atoms with Gasteiger partial charge in [-0.05, 0) is 107 Å². The van der Waals surface area contributed by atoms with Gasteiger partial charge in [-0.25, -0.2) is 0 Å². The van der Waals surface area contributed by atoms with Gasteiger partial charge >= 0.3 is 0 Å². The lowest BCUT2D eigenvalue weighted by molar-refractivity contribution is 0.579. The highest BCUT2D eigenvalue weighted by Gasteiger charge is 2.44. The van der Waals surface area contributed by atoms with Crippen molar-refractivity contribution in [2.45, 2.75) is 33.5 Å². The third-order valence-electron chi connectivity index (χ3n) is 8.97. The van der Waals surface area contributed by atoms with Crippen molar-refractivity contribution in [3.05, 3.63) is 126 Å². The molecule has 1 aliphatic rings. The van der Waals surface area contributed by atoms with Crippen LogP contribution in [0, 0.1) is 20.8 Å². The van der Waals surface area contributed by atoms with Gasteiger partial charge in [0.15, 0.2) is 0 Å². The highest BCUT2D eigenvalue weighted by atomic mass is 31.2. The van der Waals surface area contributed by atoms with Crippen LogP contribution in [0.2, 0.25) is 0 Å². The van der Waals surface area contributed by atoms with Crippen LogP contribution in [-0.2, 0) is 4.57 Å². The minimum Gasteiger partial charge on any atom is -0.330 e. The zero-order valence-electron chi connectivity index (χ0n) is 24.3. The number of rotatable bonds is 3. The minimum atomic E-state index is -2.77. The monoisotopic (exact) mass is 551 g/mol. The molecule has 0 aromatic heterocycles. The molecular weight excluding hydrogens is 517 g/mol. The Balaban J connectivity index is 1.62. The van der Waals surface area contributed by atoms with E-state index in [-0.39, 0.29) is 5.78 Å². The molecule has 0 fully saturated rings. The number of hydrogen-bond acceptors (Lipinski definition) is 2. The van der Waals surface area contributed by atoms with E-state index in [1.54, 1.807) is 0 Å². The lowest BCUT2D eigenvalue weighted by Gasteiger charge is -2.25. The van der Waals surface area contributed by atoms with Crippen molar-refractivity contribution in [2.24, 2.45) is 0 Å². The number of para-hydroxylation sites is 1. The fraction of sp³-hybridized carbons (Fsp3) is 0.158. The molecule has 0 saturated heterocycles. The lowest BCUT2D eigenvalue weighted by Crippen LogP contribution is -2.22. The van der Waals surface area contributed by atoms with E-state index in [2.05, 4.69) is 136 Å². The van der Waals surface area contributed by atoms with Gasteiger partial charge in [-0.15, -0.1) is 0 Å². The van der Waals surface area contributed by atoms with Gasteiger partial charge in [-0.3, -0.25) is 0 Å². The van der Waals surface area contributed by atoms with Gasteiger partial charge in [0.2, 0.25) is 0 Å². The van der Waals surface area contributed by atoms with Gasteiger partial charge in [0.05, 0.1) is 11.5 Å². The molecule has 0 saturated carbocycles. The largest absolute Gasteiger partial charge is 0.330 e. The summed E-state index contributed by atoms with van der Waals surface area (Å²) in [6, 6.07) is 39.0. The van der Waals surface area contributed by atoms with Crippen molar-refractivity contribution in [2.75, 3.05) is 11.6 Å². The first kappa shape index (κ1) is 25.8. The van der Waals surface area contributed by atoms with Crippen LogP contribution >= 0.6 is 7.14 Å². The smallest absolute Gasteiger partial charge is 0.136 e. The van der Waals surface area contributed by atoms with Crippen molar-refractivity contribution in [3.8, 4) is 22.3 Å². The van der Waals surface area contributed by atoms with Crippen molar-refractivity contribution in [3.63, 3.8) is 0 Å². The molecule has 0 amide bonds. The van der Waals surface area contributed by atoms with E-state index in [1.807, 2.05) is 12.7 Å². The maximum Gasteiger partial charge on any atom is 0.136 e. The molecule has 1 aliphatic heterocycles. The summed E-state index contributed by atoms with van der Waals surface area (Å²) in [5, 5.41) is 5.83. The summed E-state index contributed by atoms with van der Waals surface area (Å²) in [5.41, 5.74) is 10.8. The van der Waals surface area contributed by atoms with E-state index < -0.39 is 7.14 Å². The van der Waals surface area contributed by atoms with Crippen molar-refractivity contribution in [1.29, 1.82) is 0 Å². The van der Waals surface area contributed by atoms with Crippen LogP contribution < -0.4 is 10.2 Å². The van der Waals surface area contributed by atoms with Gasteiger partial charge in [0.1, 0.15) is 7.14 Å². The number of aryl methyl sites for hydroxylation is 3. The molecule has 3 heteroatoms. The topological polar surface area (TPSA) is 20.3 Å². The van der Waals surface area contributed by atoms with E-state index in [0.717, 1.165) is 22.2 Å². The van der Waals surface area contributed by atoms with Crippen LogP contribution in [0.3, 0.4) is 0 Å². The summed E-state index contributed by atoms with van der Waals surface area (Å²) in [5.74, 6) is -0.129. The maximum atomic E-state index is 14.8. The van der Waals surface area contributed by atoms with E-state index in [0.29, 0.717) is 0 Å². The summed E-state index contributed by atoms with van der Waals surface area (Å²) in [7, 11) is -2.77. The number of nitrogens with zero attached hydrogens (tertiary/aromatic N) is 1. The molecule has 41 heavy (non-hydrogen) atoms. The van der Waals surface area contributed by atoms with Crippen LogP contribution in [0.4, 0.5) is 11.4 Å². The maximum absolute atomic E-state index is 14.8. The number of anilines is 2. The van der Waals surface area contributed by atoms with Crippen molar-refractivity contribution < 1.29 is 4.57 Å². The van der Waals surface area contributed by atoms with E-state index in [4.69, 9.17) is 0 Å². The quantitative estimate of drug-likeness (QED) is 0.161. The van der Waals surface area contributed by atoms with Crippen LogP contribution in [0.1, 0.15) is 23.6 Å². The predicted molar refractivity (Wildman–Crippen MR) is 178 cm³/mol. The third-order valence-corrected chi connectivity index (χ3v) is 12.0. The highest BCUT2D eigenvalue weighted by Crippen LogP contribution is 2.60. The Morgan fingerprint density at radius 3 is 1.68 bits per heavy atom. The molecule has 0 radical (unpaired) electrons. The van der Waals surface area contributed by atoms with Crippen molar-refractivity contribution in [1.82, 2.24) is 0 Å². The Hall–Kier alpha value is -4.13. The SMILES string of the molecule is Cc1cc(C)c(-c2c3ccccc3c(-c3cccc4c3P(C)(=O)C(C)N4c3ccccc3)c3ccccc23)c(C)c1. The molecular formula is C38H34NOP. The average Bonchev–Trinajstić information content (AvgIpc) is 3.17. The second-order valence-electron chi connectivity index (χ2n) is 11.6. The summed E-state index contributed by atoms with van der Waals surface area (Å²) >= 11 is 0. The fourth-order valence-corrected chi connectivity index (χ4v) is 9.58. The zero-order valence-corrected chi connectivity index (χ0v) is 25.2. The average molecular weight is 552 g/mol. The third kappa shape index (κ3) is 3.81. The molecule has 6 aromatic rings. The Labute approximate surface area is 242 Å². The van der Waals surface area contributed by atoms with Gasteiger partial charge in [-0.1, -0.05) is 96.6 Å². The normalized spacial score (nSPS) is 18.3. The summed E-state index contributed by atoms with van der Waals surface area (Å²) in [4.78, 5) is 2.28. The lowest BCUT2D eigenvalue weighted by atomic mass is 9.83. The molecule has 0 N–H and O–H groups in total. The first-order valence-corrected chi connectivity index (χ1v) is 16.6. The molecule has 0 spiro atoms. The molecule has 6 aromatic carbocycles. The molecule has 202 valence electrons. The highest BCUT2D eigenvalue weighted by molar-refractivity contribution is 7.72. The summed E-state index contributed by atoms with van der Waals surface area (Å²) in [6.45, 7) is 10.7. The molecule has 0 bridgehead atoms. The Bertz CT molecular complexity index is 1960. The second-order valence-corrected chi connectivity index (χ2v) is 14.8. The van der Waals surface area contributed by atoms with Gasteiger partial charge in [-0.2, -0.15) is 0 Å². The Kier molecular flexibility index (Phi) is 5.96. The van der Waals surface area contributed by atoms with Crippen LogP contribution in [0.5, 0.6) is 0 Å². The second kappa shape index (κ2) is 9.47. The summed E-state index contributed by atoms with van der Waals surface area (Å²) in [6.07, 6.45) is 0. The van der Waals surface area contributed by atoms with Crippen LogP contribution in [0.25, 0.3) is 43.8 Å². The fourth-order valence-electron chi connectivity index (χ4n) is 7.21. The van der Waals surface area contributed by atoms with Crippen LogP contribution in [-0.4, -0.2) is 12.4 Å². The van der Waals surface area contributed by atoms with E-state index >= 15 is 0 Å². The molecule has 0 aliphatic carbocycles. The number of fused-ring (bicyclic) bond motifs is 3.